The quantitative estimate of drug-likeness (QED) is 0.507. The molecule has 1 aromatic carbocycles. The molecule has 196 valence electrons. The first-order valence-electron chi connectivity index (χ1n) is 10.8. The number of aromatic nitrogens is 1. The predicted molar refractivity (Wildman–Crippen MR) is 136 cm³/mol. The molecule has 3 heterocycles. The molecule has 4 rings (SSSR count). The molecule has 0 bridgehead atoms. The molecular weight excluding hydrogens is 537 g/mol. The van der Waals surface area contributed by atoms with Crippen LogP contribution in [0, 0.1) is 0 Å². The van der Waals surface area contributed by atoms with Gasteiger partial charge in [0.2, 0.25) is 0 Å². The normalized spacial score (nSPS) is 16.6. The number of nitrogens with one attached hydrogen (secondary N) is 1. The summed E-state index contributed by atoms with van der Waals surface area (Å²) in [6.45, 7) is 1.95. The molecule has 0 unspecified atom stereocenters. The summed E-state index contributed by atoms with van der Waals surface area (Å²) in [6, 6.07) is 7.08. The zero-order valence-electron chi connectivity index (χ0n) is 19.6. The van der Waals surface area contributed by atoms with Gasteiger partial charge in [-0.3, -0.25) is 14.7 Å². The second-order valence-corrected chi connectivity index (χ2v) is 9.35. The summed E-state index contributed by atoms with van der Waals surface area (Å²) in [5.74, 6) is -3.37. The average Bonchev–Trinajstić information content (AvgIpc) is 3.49. The fourth-order valence-corrected chi connectivity index (χ4v) is 4.08. The van der Waals surface area contributed by atoms with E-state index in [0.29, 0.717) is 32.2 Å². The first-order chi connectivity index (χ1) is 17.0. The molecule has 0 saturated carbocycles. The second kappa shape index (κ2) is 14.2. The minimum Gasteiger partial charge on any atom is -0.481 e. The number of halogens is 4. The van der Waals surface area contributed by atoms with Crippen LogP contribution in [0.5, 0.6) is 0 Å². The first-order valence-corrected chi connectivity index (χ1v) is 12.4. The highest BCUT2D eigenvalue weighted by Gasteiger charge is 2.39. The number of methoxy groups -OCH3 is 1. The summed E-state index contributed by atoms with van der Waals surface area (Å²) in [4.78, 5) is 31.4. The van der Waals surface area contributed by atoms with Gasteiger partial charge in [-0.25, -0.2) is 18.6 Å². The third-order valence-corrected chi connectivity index (χ3v) is 6.07. The molecule has 2 aromatic rings. The number of likely N-dealkylation sites (tertiary alicyclic amines) is 1. The molecule has 2 N–H and O–H groups in total. The number of rotatable bonds is 5. The molecule has 2 aliphatic rings. The Balaban J connectivity index is 0.000000288. The molecule has 0 aliphatic carbocycles. The molecule has 13 heteroatoms. The lowest BCUT2D eigenvalue weighted by molar-refractivity contribution is -0.137. The Kier molecular flexibility index (Phi) is 11.7. The maximum Gasteiger partial charge on any atom is 0.337 e. The summed E-state index contributed by atoms with van der Waals surface area (Å²) in [5, 5.41) is 14.7. The molecule has 8 nitrogen and oxygen atoms in total. The van der Waals surface area contributed by atoms with Gasteiger partial charge < -0.3 is 15.2 Å². The summed E-state index contributed by atoms with van der Waals surface area (Å²) in [7, 11) is 1.29. The van der Waals surface area contributed by atoms with E-state index >= 15 is 0 Å². The Morgan fingerprint density at radius 1 is 1.31 bits per heavy atom. The smallest absolute Gasteiger partial charge is 0.337 e. The van der Waals surface area contributed by atoms with Crippen molar-refractivity contribution in [1.82, 2.24) is 15.2 Å². The zero-order chi connectivity index (χ0) is 26.7. The van der Waals surface area contributed by atoms with Crippen LogP contribution in [0.4, 0.5) is 8.78 Å². The van der Waals surface area contributed by atoms with Gasteiger partial charge in [-0.1, -0.05) is 36.2 Å². The van der Waals surface area contributed by atoms with Gasteiger partial charge in [0.1, 0.15) is 0 Å². The van der Waals surface area contributed by atoms with Crippen molar-refractivity contribution in [3.05, 3.63) is 62.2 Å². The SMILES string of the molecule is CCC(=O)O.COC(=O)C1=C(CN2CCC(F)(F)C2)NC(c2nccs2)=NC1.Clc1cccc(Cl)c1. The van der Waals surface area contributed by atoms with Gasteiger partial charge in [-0.05, 0) is 18.2 Å². The van der Waals surface area contributed by atoms with E-state index in [0.717, 1.165) is 0 Å². The molecule has 0 spiro atoms. The number of carbonyl (C=O) groups excluding carboxylic acids is 1. The number of amidine groups is 1. The highest BCUT2D eigenvalue weighted by molar-refractivity contribution is 7.11. The third kappa shape index (κ3) is 9.81. The van der Waals surface area contributed by atoms with E-state index in [-0.39, 0.29) is 39.0 Å². The largest absolute Gasteiger partial charge is 0.481 e. The van der Waals surface area contributed by atoms with Gasteiger partial charge in [-0.2, -0.15) is 0 Å². The van der Waals surface area contributed by atoms with Crippen LogP contribution in [0.3, 0.4) is 0 Å². The second-order valence-electron chi connectivity index (χ2n) is 7.58. The number of hydrogen-bond acceptors (Lipinski definition) is 8. The summed E-state index contributed by atoms with van der Waals surface area (Å²) < 4.78 is 31.5. The van der Waals surface area contributed by atoms with E-state index < -0.39 is 17.9 Å². The maximum absolute atomic E-state index is 13.4. The van der Waals surface area contributed by atoms with Crippen LogP contribution in [0.1, 0.15) is 24.8 Å². The zero-order valence-corrected chi connectivity index (χ0v) is 22.0. The Morgan fingerprint density at radius 2 is 1.97 bits per heavy atom. The molecule has 1 fully saturated rings. The van der Waals surface area contributed by atoms with Gasteiger partial charge in [0.15, 0.2) is 10.8 Å². The highest BCUT2D eigenvalue weighted by atomic mass is 35.5. The molecule has 2 aliphatic heterocycles. The average molecular weight is 563 g/mol. The van der Waals surface area contributed by atoms with E-state index in [1.165, 1.54) is 18.4 Å². The van der Waals surface area contributed by atoms with E-state index in [2.05, 4.69) is 15.3 Å². The lowest BCUT2D eigenvalue weighted by Gasteiger charge is -2.24. The lowest BCUT2D eigenvalue weighted by Crippen LogP contribution is -2.38. The van der Waals surface area contributed by atoms with Crippen LogP contribution in [0.2, 0.25) is 10.0 Å². The topological polar surface area (TPSA) is 104 Å². The van der Waals surface area contributed by atoms with Crippen LogP contribution in [-0.2, 0) is 14.3 Å². The molecular formula is C23H26Cl2F2N4O4S. The fraction of sp³-hybridized carbons (Fsp3) is 0.391. The van der Waals surface area contributed by atoms with Gasteiger partial charge in [0.25, 0.3) is 5.92 Å². The predicted octanol–water partition coefficient (Wildman–Crippen LogP) is 4.74. The van der Waals surface area contributed by atoms with Crippen LogP contribution >= 0.6 is 34.5 Å². The number of hydrogen-bond donors (Lipinski definition) is 2. The number of thiazole rings is 1. The number of carbonyl (C=O) groups is 2. The van der Waals surface area contributed by atoms with E-state index in [9.17, 15) is 18.4 Å². The van der Waals surface area contributed by atoms with Crippen molar-refractivity contribution in [1.29, 1.82) is 0 Å². The molecule has 1 saturated heterocycles. The molecule has 0 amide bonds. The van der Waals surface area contributed by atoms with Gasteiger partial charge >= 0.3 is 11.9 Å². The van der Waals surface area contributed by atoms with Crippen molar-refractivity contribution in [2.24, 2.45) is 4.99 Å². The first kappa shape index (κ1) is 29.6. The third-order valence-electron chi connectivity index (χ3n) is 4.82. The standard InChI is InChI=1S/C14H16F2N4O2S.C6H4Cl2.C3H6O2/c1-22-13(21)9-6-18-11(12-17-3-5-23-12)19-10(9)7-20-4-2-14(15,16)8-20;7-5-2-1-3-6(8)4-5;1-2-3(4)5/h3,5H,2,4,6-8H2,1H3,(H,18,19);1-4H;2H2,1H3,(H,4,5). The van der Waals surface area contributed by atoms with Crippen molar-refractivity contribution in [3.8, 4) is 0 Å². The number of esters is 1. The van der Waals surface area contributed by atoms with Crippen LogP contribution in [-0.4, -0.2) is 72.0 Å². The fourth-order valence-electron chi connectivity index (χ4n) is 3.04. The molecule has 0 atom stereocenters. The number of carboxylic acids is 1. The summed E-state index contributed by atoms with van der Waals surface area (Å²) in [5.41, 5.74) is 0.915. The van der Waals surface area contributed by atoms with E-state index in [1.54, 1.807) is 36.2 Å². The van der Waals surface area contributed by atoms with Crippen LogP contribution < -0.4 is 5.32 Å². The lowest BCUT2D eigenvalue weighted by atomic mass is 10.1. The molecule has 0 radical (unpaired) electrons. The monoisotopic (exact) mass is 562 g/mol. The Morgan fingerprint density at radius 3 is 2.42 bits per heavy atom. The number of alkyl halides is 2. The molecule has 36 heavy (non-hydrogen) atoms. The van der Waals surface area contributed by atoms with Crippen molar-refractivity contribution < 1.29 is 28.2 Å². The van der Waals surface area contributed by atoms with Crippen LogP contribution in [0.15, 0.2) is 52.1 Å². The Labute approximate surface area is 221 Å². The van der Waals surface area contributed by atoms with Gasteiger partial charge in [0, 0.05) is 53.3 Å². The van der Waals surface area contributed by atoms with Gasteiger partial charge in [0.05, 0.1) is 25.8 Å². The number of benzene rings is 1. The minimum absolute atomic E-state index is 0.147. The number of nitrogens with zero attached hydrogens (tertiary/aromatic N) is 3. The van der Waals surface area contributed by atoms with Gasteiger partial charge in [-0.15, -0.1) is 11.3 Å². The van der Waals surface area contributed by atoms with E-state index in [1.807, 2.05) is 11.4 Å². The van der Waals surface area contributed by atoms with Crippen molar-refractivity contribution in [2.75, 3.05) is 33.3 Å². The van der Waals surface area contributed by atoms with Crippen molar-refractivity contribution in [3.63, 3.8) is 0 Å². The van der Waals surface area contributed by atoms with E-state index in [4.69, 9.17) is 33.0 Å². The number of aliphatic carboxylic acids is 1. The Hall–Kier alpha value is -2.60. The Bertz CT molecular complexity index is 1080. The van der Waals surface area contributed by atoms with Crippen molar-refractivity contribution in [2.45, 2.75) is 25.7 Å². The number of aliphatic imine (C=N–C) groups is 1. The minimum atomic E-state index is -2.67. The maximum atomic E-state index is 13.4. The van der Waals surface area contributed by atoms with Crippen molar-refractivity contribution >= 4 is 52.3 Å². The number of ether oxygens (including phenoxy) is 1. The number of carboxylic acid groups (broad SMARTS) is 1. The summed E-state index contributed by atoms with van der Waals surface area (Å²) in [6.07, 6.45) is 1.71. The molecule has 1 aromatic heterocycles. The summed E-state index contributed by atoms with van der Waals surface area (Å²) >= 11 is 12.5. The van der Waals surface area contributed by atoms with Crippen LogP contribution in [0.25, 0.3) is 0 Å². The highest BCUT2D eigenvalue weighted by Crippen LogP contribution is 2.28.